The second kappa shape index (κ2) is 10.1. The molecule has 6 nitrogen and oxygen atoms in total. The summed E-state index contributed by atoms with van der Waals surface area (Å²) >= 11 is 0. The number of rotatable bonds is 6. The number of benzene rings is 3. The molecule has 1 aliphatic heterocycles. The van der Waals surface area contributed by atoms with Crippen LogP contribution in [0, 0.1) is 12.8 Å². The van der Waals surface area contributed by atoms with Gasteiger partial charge in [-0.25, -0.2) is 4.98 Å². The van der Waals surface area contributed by atoms with Crippen LogP contribution in [0.1, 0.15) is 29.5 Å². The van der Waals surface area contributed by atoms with E-state index in [1.54, 1.807) is 4.57 Å². The first-order valence-electron chi connectivity index (χ1n) is 12.2. The maximum Gasteiger partial charge on any atom is 0.294 e. The van der Waals surface area contributed by atoms with E-state index >= 15 is 0 Å². The Bertz CT molecular complexity index is 1400. The first-order chi connectivity index (χ1) is 17.1. The van der Waals surface area contributed by atoms with Crippen molar-refractivity contribution in [1.29, 1.82) is 0 Å². The summed E-state index contributed by atoms with van der Waals surface area (Å²) in [6.07, 6.45) is 1.65. The van der Waals surface area contributed by atoms with Crippen LogP contribution < -0.4 is 15.8 Å². The number of amides is 1. The third-order valence-electron chi connectivity index (χ3n) is 6.82. The molecular formula is C29H30N4O2. The van der Waals surface area contributed by atoms with Gasteiger partial charge < -0.3 is 10.2 Å². The Kier molecular flexibility index (Phi) is 6.62. The SMILES string of the molecule is Cc1ccccc1CNC(=O)[C@H]1CCCN(c2nc3ccccc3n(Cc3ccccc3)c2=O)C1. The van der Waals surface area contributed by atoms with Crippen molar-refractivity contribution in [3.05, 3.63) is 106 Å². The number of fused-ring (bicyclic) bond motifs is 1. The number of nitrogens with one attached hydrogen (secondary N) is 1. The highest BCUT2D eigenvalue weighted by Gasteiger charge is 2.28. The van der Waals surface area contributed by atoms with E-state index in [9.17, 15) is 9.59 Å². The van der Waals surface area contributed by atoms with Gasteiger partial charge in [-0.1, -0.05) is 66.7 Å². The summed E-state index contributed by atoms with van der Waals surface area (Å²) in [6.45, 7) is 4.25. The lowest BCUT2D eigenvalue weighted by molar-refractivity contribution is -0.125. The molecule has 1 aliphatic rings. The van der Waals surface area contributed by atoms with Crippen molar-refractivity contribution in [3.63, 3.8) is 0 Å². The van der Waals surface area contributed by atoms with Gasteiger partial charge in [-0.15, -0.1) is 0 Å². The first-order valence-corrected chi connectivity index (χ1v) is 12.2. The molecule has 1 atom stereocenters. The van der Waals surface area contributed by atoms with Gasteiger partial charge in [0.2, 0.25) is 5.91 Å². The number of aryl methyl sites for hydroxylation is 1. The smallest absolute Gasteiger partial charge is 0.294 e. The normalized spacial score (nSPS) is 15.8. The summed E-state index contributed by atoms with van der Waals surface area (Å²) in [5.41, 5.74) is 4.82. The summed E-state index contributed by atoms with van der Waals surface area (Å²) in [7, 11) is 0. The Morgan fingerprint density at radius 2 is 1.74 bits per heavy atom. The lowest BCUT2D eigenvalue weighted by Gasteiger charge is -2.33. The third kappa shape index (κ3) is 4.97. The highest BCUT2D eigenvalue weighted by Crippen LogP contribution is 2.22. The average molecular weight is 467 g/mol. The Hall–Kier alpha value is -3.93. The molecule has 6 heteroatoms. The van der Waals surface area contributed by atoms with Gasteiger partial charge in [-0.2, -0.15) is 0 Å². The Morgan fingerprint density at radius 3 is 2.57 bits per heavy atom. The molecule has 1 amide bonds. The molecule has 0 radical (unpaired) electrons. The molecule has 0 spiro atoms. The van der Waals surface area contributed by atoms with Crippen LogP contribution in [0.2, 0.25) is 0 Å². The molecule has 5 rings (SSSR count). The Morgan fingerprint density at radius 1 is 1.00 bits per heavy atom. The summed E-state index contributed by atoms with van der Waals surface area (Å²) in [6, 6.07) is 25.8. The predicted molar refractivity (Wildman–Crippen MR) is 140 cm³/mol. The summed E-state index contributed by atoms with van der Waals surface area (Å²) < 4.78 is 1.80. The molecule has 1 N–H and O–H groups in total. The van der Waals surface area contributed by atoms with E-state index in [1.807, 2.05) is 77.7 Å². The van der Waals surface area contributed by atoms with E-state index in [1.165, 1.54) is 0 Å². The van der Waals surface area contributed by atoms with Crippen LogP contribution in [-0.2, 0) is 17.9 Å². The maximum absolute atomic E-state index is 13.7. The van der Waals surface area contributed by atoms with E-state index < -0.39 is 0 Å². The number of hydrogen-bond acceptors (Lipinski definition) is 4. The fraction of sp³-hybridized carbons (Fsp3) is 0.276. The van der Waals surface area contributed by atoms with Gasteiger partial charge in [0.1, 0.15) is 0 Å². The summed E-state index contributed by atoms with van der Waals surface area (Å²) in [4.78, 5) is 33.5. The minimum Gasteiger partial charge on any atom is -0.352 e. The van der Waals surface area contributed by atoms with Gasteiger partial charge in [-0.3, -0.25) is 14.2 Å². The quantitative estimate of drug-likeness (QED) is 0.461. The van der Waals surface area contributed by atoms with Crippen LogP contribution in [0.25, 0.3) is 11.0 Å². The van der Waals surface area contributed by atoms with E-state index in [0.29, 0.717) is 32.0 Å². The van der Waals surface area contributed by atoms with Crippen molar-refractivity contribution in [2.75, 3.05) is 18.0 Å². The van der Waals surface area contributed by atoms with Crippen LogP contribution in [0.5, 0.6) is 0 Å². The zero-order valence-corrected chi connectivity index (χ0v) is 20.0. The van der Waals surface area contributed by atoms with Gasteiger partial charge in [0.25, 0.3) is 5.56 Å². The molecule has 0 saturated carbocycles. The molecule has 4 aromatic rings. The van der Waals surface area contributed by atoms with Gasteiger partial charge in [-0.05, 0) is 48.6 Å². The van der Waals surface area contributed by atoms with Gasteiger partial charge in [0.05, 0.1) is 23.5 Å². The van der Waals surface area contributed by atoms with Crippen molar-refractivity contribution in [2.45, 2.75) is 32.9 Å². The van der Waals surface area contributed by atoms with Crippen molar-refractivity contribution < 1.29 is 4.79 Å². The highest BCUT2D eigenvalue weighted by atomic mass is 16.2. The summed E-state index contributed by atoms with van der Waals surface area (Å²) in [5, 5.41) is 3.10. The molecule has 1 aromatic heterocycles. The Labute approximate surface area is 205 Å². The monoisotopic (exact) mass is 466 g/mol. The van der Waals surface area contributed by atoms with Crippen LogP contribution in [0.4, 0.5) is 5.82 Å². The second-order valence-electron chi connectivity index (χ2n) is 9.23. The van der Waals surface area contributed by atoms with Crippen LogP contribution in [-0.4, -0.2) is 28.5 Å². The number of aromatic nitrogens is 2. The molecule has 35 heavy (non-hydrogen) atoms. The number of piperidine rings is 1. The highest BCUT2D eigenvalue weighted by molar-refractivity contribution is 5.80. The van der Waals surface area contributed by atoms with E-state index in [0.717, 1.165) is 40.6 Å². The fourth-order valence-corrected chi connectivity index (χ4v) is 4.83. The molecule has 3 aromatic carbocycles. The van der Waals surface area contributed by atoms with Crippen LogP contribution >= 0.6 is 0 Å². The maximum atomic E-state index is 13.7. The topological polar surface area (TPSA) is 67.2 Å². The molecule has 2 heterocycles. The summed E-state index contributed by atoms with van der Waals surface area (Å²) in [5.74, 6) is 0.280. The minimum atomic E-state index is -0.178. The zero-order valence-electron chi connectivity index (χ0n) is 20.0. The van der Waals surface area contributed by atoms with Crippen LogP contribution in [0.15, 0.2) is 83.7 Å². The number of carbonyl (C=O) groups is 1. The van der Waals surface area contributed by atoms with E-state index in [-0.39, 0.29) is 17.4 Å². The zero-order chi connectivity index (χ0) is 24.2. The third-order valence-corrected chi connectivity index (χ3v) is 6.82. The van der Waals surface area contributed by atoms with Gasteiger partial charge >= 0.3 is 0 Å². The van der Waals surface area contributed by atoms with Crippen molar-refractivity contribution in [1.82, 2.24) is 14.9 Å². The van der Waals surface area contributed by atoms with E-state index in [2.05, 4.69) is 18.3 Å². The molecule has 1 saturated heterocycles. The standard InChI is InChI=1S/C29H30N4O2/c1-21-10-5-6-13-23(21)18-30-28(34)24-14-9-17-32(20-24)27-29(35)33(19-22-11-3-2-4-12-22)26-16-8-7-15-25(26)31-27/h2-8,10-13,15-16,24H,9,14,17-20H2,1H3,(H,30,34)/t24-/m0/s1. The molecule has 1 fully saturated rings. The first kappa shape index (κ1) is 22.8. The van der Waals surface area contributed by atoms with Crippen molar-refractivity contribution >= 4 is 22.8 Å². The number of carbonyl (C=O) groups excluding carboxylic acids is 1. The molecule has 0 bridgehead atoms. The largest absolute Gasteiger partial charge is 0.352 e. The van der Waals surface area contributed by atoms with Crippen LogP contribution in [0.3, 0.4) is 0 Å². The molecular weight excluding hydrogens is 436 g/mol. The predicted octanol–water partition coefficient (Wildman–Crippen LogP) is 4.29. The number of nitrogens with zero attached hydrogens (tertiary/aromatic N) is 3. The van der Waals surface area contributed by atoms with Crippen molar-refractivity contribution in [3.8, 4) is 0 Å². The second-order valence-corrected chi connectivity index (χ2v) is 9.23. The van der Waals surface area contributed by atoms with E-state index in [4.69, 9.17) is 4.98 Å². The molecule has 0 unspecified atom stereocenters. The number of anilines is 1. The average Bonchev–Trinajstić information content (AvgIpc) is 2.90. The minimum absolute atomic E-state index is 0.0309. The number of hydrogen-bond donors (Lipinski definition) is 1. The lowest BCUT2D eigenvalue weighted by atomic mass is 9.97. The van der Waals surface area contributed by atoms with Crippen molar-refractivity contribution in [2.24, 2.45) is 5.92 Å². The number of para-hydroxylation sites is 2. The Balaban J connectivity index is 1.39. The van der Waals surface area contributed by atoms with Gasteiger partial charge in [0.15, 0.2) is 5.82 Å². The van der Waals surface area contributed by atoms with Gasteiger partial charge in [0, 0.05) is 19.6 Å². The lowest BCUT2D eigenvalue weighted by Crippen LogP contribution is -2.45. The molecule has 0 aliphatic carbocycles. The fourth-order valence-electron chi connectivity index (χ4n) is 4.83. The molecule has 178 valence electrons.